The largest absolute Gasteiger partial charge is 0.394 e. The number of hydrogen-bond donors (Lipinski definition) is 3. The van der Waals surface area contributed by atoms with Crippen LogP contribution in [0.1, 0.15) is 0 Å². The number of aliphatic hydroxyl groups excluding tert-OH is 1. The average molecular weight is 258 g/mol. The van der Waals surface area contributed by atoms with Gasteiger partial charge in [0.15, 0.2) is 5.65 Å². The van der Waals surface area contributed by atoms with Gasteiger partial charge in [-0.2, -0.15) is 15.1 Å². The summed E-state index contributed by atoms with van der Waals surface area (Å²) in [5.74, 6) is 0.612. The highest BCUT2D eigenvalue weighted by Gasteiger charge is 2.07. The summed E-state index contributed by atoms with van der Waals surface area (Å²) in [6, 6.07) is 0. The Balaban J connectivity index is 2.00. The van der Waals surface area contributed by atoms with E-state index in [9.17, 15) is 0 Å². The van der Waals surface area contributed by atoms with Gasteiger partial charge in [-0.15, -0.1) is 0 Å². The molecule has 7 nitrogen and oxygen atoms in total. The minimum atomic E-state index is 0.0192. The minimum Gasteiger partial charge on any atom is -0.394 e. The number of ether oxygens (including phenoxy) is 1. The molecule has 0 amide bonds. The molecular formula is C9H12ClN5O2. The number of aliphatic hydroxyl groups is 1. The Labute approximate surface area is 102 Å². The maximum Gasteiger partial charge on any atom is 0.226 e. The SMILES string of the molecule is OCCOCCNc1nc(Cl)nc2[nH]ncc12. The van der Waals surface area contributed by atoms with Gasteiger partial charge in [0.1, 0.15) is 5.82 Å². The normalized spacial score (nSPS) is 10.9. The Morgan fingerprint density at radius 1 is 1.41 bits per heavy atom. The van der Waals surface area contributed by atoms with Crippen molar-refractivity contribution in [2.75, 3.05) is 31.7 Å². The molecule has 8 heteroatoms. The number of rotatable bonds is 6. The van der Waals surface area contributed by atoms with Gasteiger partial charge in [0.25, 0.3) is 0 Å². The first kappa shape index (κ1) is 12.0. The van der Waals surface area contributed by atoms with Crippen LogP contribution in [0.15, 0.2) is 6.20 Å². The topological polar surface area (TPSA) is 96.0 Å². The first-order valence-electron chi connectivity index (χ1n) is 5.10. The van der Waals surface area contributed by atoms with E-state index in [4.69, 9.17) is 21.4 Å². The molecule has 2 rings (SSSR count). The predicted octanol–water partition coefficient (Wildman–Crippen LogP) is 0.427. The van der Waals surface area contributed by atoms with Gasteiger partial charge in [-0.1, -0.05) is 0 Å². The lowest BCUT2D eigenvalue weighted by molar-refractivity contribution is 0.0992. The molecule has 0 saturated carbocycles. The van der Waals surface area contributed by atoms with Crippen molar-refractivity contribution < 1.29 is 9.84 Å². The lowest BCUT2D eigenvalue weighted by Crippen LogP contribution is -2.12. The second kappa shape index (κ2) is 5.76. The smallest absolute Gasteiger partial charge is 0.226 e. The standard InChI is InChI=1S/C9H12ClN5O2/c10-9-13-7(11-1-3-17-4-2-16)6-5-12-15-8(6)14-9/h5,16H,1-4H2,(H2,11,12,13,14,15). The molecule has 0 atom stereocenters. The van der Waals surface area contributed by atoms with Crippen LogP contribution in [0.4, 0.5) is 5.82 Å². The first-order chi connectivity index (χ1) is 8.31. The molecular weight excluding hydrogens is 246 g/mol. The lowest BCUT2D eigenvalue weighted by atomic mass is 10.4. The number of fused-ring (bicyclic) bond motifs is 1. The van der Waals surface area contributed by atoms with E-state index in [1.807, 2.05) is 0 Å². The first-order valence-corrected chi connectivity index (χ1v) is 5.48. The molecule has 0 saturated heterocycles. The van der Waals surface area contributed by atoms with Crippen LogP contribution in [-0.2, 0) is 4.74 Å². The van der Waals surface area contributed by atoms with E-state index in [-0.39, 0.29) is 11.9 Å². The van der Waals surface area contributed by atoms with Crippen molar-refractivity contribution in [2.45, 2.75) is 0 Å². The predicted molar refractivity (Wildman–Crippen MR) is 63.1 cm³/mol. The van der Waals surface area contributed by atoms with E-state index in [0.29, 0.717) is 31.2 Å². The maximum absolute atomic E-state index is 8.54. The molecule has 0 aromatic carbocycles. The van der Waals surface area contributed by atoms with Crippen LogP contribution in [0.3, 0.4) is 0 Å². The summed E-state index contributed by atoms with van der Waals surface area (Å²) in [7, 11) is 0. The average Bonchev–Trinajstić information content (AvgIpc) is 2.76. The van der Waals surface area contributed by atoms with Crippen LogP contribution in [-0.4, -0.2) is 51.6 Å². The number of aromatic nitrogens is 4. The van der Waals surface area contributed by atoms with E-state index in [2.05, 4.69) is 25.5 Å². The summed E-state index contributed by atoms with van der Waals surface area (Å²) in [5, 5.41) is 19.1. The van der Waals surface area contributed by atoms with Crippen LogP contribution in [0.5, 0.6) is 0 Å². The van der Waals surface area contributed by atoms with Crippen molar-refractivity contribution in [3.8, 4) is 0 Å². The fourth-order valence-electron chi connectivity index (χ4n) is 1.35. The number of aromatic amines is 1. The third-order valence-corrected chi connectivity index (χ3v) is 2.23. The molecule has 0 bridgehead atoms. The van der Waals surface area contributed by atoms with Crippen molar-refractivity contribution >= 4 is 28.5 Å². The molecule has 2 aromatic heterocycles. The van der Waals surface area contributed by atoms with Gasteiger partial charge < -0.3 is 15.2 Å². The monoisotopic (exact) mass is 257 g/mol. The minimum absolute atomic E-state index is 0.0192. The fourth-order valence-corrected chi connectivity index (χ4v) is 1.52. The van der Waals surface area contributed by atoms with Gasteiger partial charge in [0.05, 0.1) is 31.4 Å². The van der Waals surface area contributed by atoms with E-state index >= 15 is 0 Å². The number of nitrogens with one attached hydrogen (secondary N) is 2. The molecule has 0 spiro atoms. The Hall–Kier alpha value is -1.44. The summed E-state index contributed by atoms with van der Waals surface area (Å²) in [6.07, 6.45) is 1.63. The van der Waals surface area contributed by atoms with Crippen LogP contribution in [0.25, 0.3) is 11.0 Å². The summed E-state index contributed by atoms with van der Waals surface area (Å²) < 4.78 is 5.12. The molecule has 2 heterocycles. The van der Waals surface area contributed by atoms with Crippen molar-refractivity contribution in [1.29, 1.82) is 0 Å². The molecule has 0 aliphatic rings. The second-order valence-corrected chi connectivity index (χ2v) is 3.57. The van der Waals surface area contributed by atoms with E-state index in [0.717, 1.165) is 5.39 Å². The van der Waals surface area contributed by atoms with Gasteiger partial charge in [0.2, 0.25) is 5.28 Å². The Kier molecular flexibility index (Phi) is 4.08. The Morgan fingerprint density at radius 2 is 2.29 bits per heavy atom. The third-order valence-electron chi connectivity index (χ3n) is 2.06. The summed E-state index contributed by atoms with van der Waals surface area (Å²) in [5.41, 5.74) is 0.587. The third kappa shape index (κ3) is 3.02. The van der Waals surface area contributed by atoms with Gasteiger partial charge in [-0.05, 0) is 11.6 Å². The van der Waals surface area contributed by atoms with Crippen molar-refractivity contribution in [3.63, 3.8) is 0 Å². The van der Waals surface area contributed by atoms with E-state index in [1.165, 1.54) is 0 Å². The zero-order valence-electron chi connectivity index (χ0n) is 8.98. The van der Waals surface area contributed by atoms with E-state index < -0.39 is 0 Å². The fraction of sp³-hybridized carbons (Fsp3) is 0.444. The van der Waals surface area contributed by atoms with Crippen LogP contribution in [0.2, 0.25) is 5.28 Å². The van der Waals surface area contributed by atoms with Crippen LogP contribution >= 0.6 is 11.6 Å². The van der Waals surface area contributed by atoms with Gasteiger partial charge in [-0.25, -0.2) is 0 Å². The van der Waals surface area contributed by atoms with E-state index in [1.54, 1.807) is 6.20 Å². The zero-order chi connectivity index (χ0) is 12.1. The molecule has 17 heavy (non-hydrogen) atoms. The zero-order valence-corrected chi connectivity index (χ0v) is 9.74. The highest BCUT2D eigenvalue weighted by Crippen LogP contribution is 2.19. The number of hydrogen-bond acceptors (Lipinski definition) is 6. The van der Waals surface area contributed by atoms with Crippen LogP contribution < -0.4 is 5.32 Å². The Morgan fingerprint density at radius 3 is 3.12 bits per heavy atom. The van der Waals surface area contributed by atoms with Gasteiger partial charge in [0, 0.05) is 6.54 Å². The lowest BCUT2D eigenvalue weighted by Gasteiger charge is -2.06. The summed E-state index contributed by atoms with van der Waals surface area (Å²) >= 11 is 5.77. The van der Waals surface area contributed by atoms with Crippen molar-refractivity contribution in [2.24, 2.45) is 0 Å². The summed E-state index contributed by atoms with van der Waals surface area (Å²) in [4.78, 5) is 8.06. The molecule has 0 radical (unpaired) electrons. The van der Waals surface area contributed by atoms with Crippen molar-refractivity contribution in [1.82, 2.24) is 20.2 Å². The molecule has 3 N–H and O–H groups in total. The number of H-pyrrole nitrogens is 1. The molecule has 0 fully saturated rings. The molecule has 92 valence electrons. The molecule has 2 aromatic rings. The highest BCUT2D eigenvalue weighted by atomic mass is 35.5. The van der Waals surface area contributed by atoms with Crippen molar-refractivity contribution in [3.05, 3.63) is 11.5 Å². The highest BCUT2D eigenvalue weighted by molar-refractivity contribution is 6.28. The van der Waals surface area contributed by atoms with Gasteiger partial charge in [-0.3, -0.25) is 5.10 Å². The molecule has 0 aliphatic heterocycles. The maximum atomic E-state index is 8.54. The van der Waals surface area contributed by atoms with Crippen LogP contribution in [0, 0.1) is 0 Å². The summed E-state index contributed by atoms with van der Waals surface area (Å²) in [6.45, 7) is 1.38. The number of halogens is 1. The number of anilines is 1. The molecule has 0 unspecified atom stereocenters. The van der Waals surface area contributed by atoms with Gasteiger partial charge >= 0.3 is 0 Å². The number of nitrogens with zero attached hydrogens (tertiary/aromatic N) is 3. The second-order valence-electron chi connectivity index (χ2n) is 3.24. The molecule has 0 aliphatic carbocycles. The Bertz CT molecular complexity index is 489. The quantitative estimate of drug-likeness (QED) is 0.513.